The molecule has 0 radical (unpaired) electrons. The molecule has 1 amide bonds. The molecule has 1 aromatic carbocycles. The van der Waals surface area contributed by atoms with E-state index in [1.165, 1.54) is 25.3 Å². The molecule has 29 heavy (non-hydrogen) atoms. The summed E-state index contributed by atoms with van der Waals surface area (Å²) in [5.74, 6) is 0.905. The van der Waals surface area contributed by atoms with Crippen molar-refractivity contribution in [3.05, 3.63) is 63.4 Å². The van der Waals surface area contributed by atoms with E-state index in [0.717, 1.165) is 0 Å². The molecule has 0 saturated carbocycles. The zero-order chi connectivity index (χ0) is 21.1. The maximum absolute atomic E-state index is 12.6. The van der Waals surface area contributed by atoms with Gasteiger partial charge in [0, 0.05) is 17.3 Å². The molecular weight excluding hydrogens is 374 g/mol. The first-order valence-corrected chi connectivity index (χ1v) is 9.15. The van der Waals surface area contributed by atoms with Gasteiger partial charge in [-0.3, -0.25) is 9.59 Å². The quantitative estimate of drug-likeness (QED) is 0.588. The smallest absolute Gasteiger partial charge is 0.253 e. The second-order valence-electron chi connectivity index (χ2n) is 6.90. The van der Waals surface area contributed by atoms with Crippen molar-refractivity contribution in [1.29, 1.82) is 0 Å². The van der Waals surface area contributed by atoms with Crippen LogP contribution >= 0.6 is 0 Å². The third kappa shape index (κ3) is 4.31. The van der Waals surface area contributed by atoms with Crippen molar-refractivity contribution >= 4 is 5.91 Å². The second kappa shape index (κ2) is 8.22. The second-order valence-corrected chi connectivity index (χ2v) is 6.90. The van der Waals surface area contributed by atoms with Gasteiger partial charge in [0.05, 0.1) is 19.2 Å². The number of oxazole rings is 1. The minimum Gasteiger partial charge on any atom is -0.504 e. The molecule has 0 fully saturated rings. The number of nitrogens with one attached hydrogen (secondary N) is 2. The van der Waals surface area contributed by atoms with Gasteiger partial charge in [-0.1, -0.05) is 13.8 Å². The molecular formula is C21H23N3O5. The lowest BCUT2D eigenvalue weighted by molar-refractivity contribution is 0.0948. The lowest BCUT2D eigenvalue weighted by Crippen LogP contribution is -2.26. The number of phenols is 1. The number of ether oxygens (including phenoxy) is 1. The van der Waals surface area contributed by atoms with Crippen molar-refractivity contribution in [2.45, 2.75) is 33.2 Å². The minimum atomic E-state index is -0.309. The largest absolute Gasteiger partial charge is 0.504 e. The van der Waals surface area contributed by atoms with Crippen LogP contribution in [0.1, 0.15) is 47.3 Å². The number of pyridine rings is 1. The number of hydrogen-bond acceptors (Lipinski definition) is 6. The number of aromatic hydroxyl groups is 1. The summed E-state index contributed by atoms with van der Waals surface area (Å²) in [6.07, 6.45) is 0. The Bertz CT molecular complexity index is 1100. The zero-order valence-electron chi connectivity index (χ0n) is 16.7. The van der Waals surface area contributed by atoms with Gasteiger partial charge >= 0.3 is 0 Å². The zero-order valence-corrected chi connectivity index (χ0v) is 16.7. The first-order chi connectivity index (χ1) is 13.8. The van der Waals surface area contributed by atoms with Gasteiger partial charge in [0.25, 0.3) is 5.91 Å². The normalized spacial score (nSPS) is 10.9. The lowest BCUT2D eigenvalue weighted by Gasteiger charge is -2.11. The van der Waals surface area contributed by atoms with Gasteiger partial charge in [0.2, 0.25) is 11.4 Å². The summed E-state index contributed by atoms with van der Waals surface area (Å²) in [6, 6.07) is 7.69. The van der Waals surface area contributed by atoms with Crippen molar-refractivity contribution in [1.82, 2.24) is 15.3 Å². The van der Waals surface area contributed by atoms with E-state index in [-0.39, 0.29) is 29.7 Å². The monoisotopic (exact) mass is 397 g/mol. The van der Waals surface area contributed by atoms with Crippen molar-refractivity contribution in [2.24, 2.45) is 0 Å². The van der Waals surface area contributed by atoms with Crippen LogP contribution in [0, 0.1) is 6.92 Å². The van der Waals surface area contributed by atoms with E-state index in [1.54, 1.807) is 19.1 Å². The maximum atomic E-state index is 12.6. The van der Waals surface area contributed by atoms with Crippen LogP contribution in [0.4, 0.5) is 0 Å². The number of amides is 1. The summed E-state index contributed by atoms with van der Waals surface area (Å²) in [5, 5.41) is 12.8. The summed E-state index contributed by atoms with van der Waals surface area (Å²) in [7, 11) is 1.47. The highest BCUT2D eigenvalue weighted by molar-refractivity contribution is 5.95. The molecule has 152 valence electrons. The minimum absolute atomic E-state index is 0.00668. The fourth-order valence-corrected chi connectivity index (χ4v) is 2.94. The molecule has 0 atom stereocenters. The number of phenolic OH excluding ortho intramolecular Hbond substituents is 1. The Kier molecular flexibility index (Phi) is 5.72. The molecule has 0 spiro atoms. The number of carbonyl (C=O) groups is 1. The van der Waals surface area contributed by atoms with Crippen LogP contribution in [-0.2, 0) is 6.54 Å². The number of rotatable bonds is 6. The Morgan fingerprint density at radius 1 is 1.31 bits per heavy atom. The van der Waals surface area contributed by atoms with Gasteiger partial charge in [0.1, 0.15) is 11.5 Å². The highest BCUT2D eigenvalue weighted by Crippen LogP contribution is 2.31. The van der Waals surface area contributed by atoms with E-state index in [1.807, 2.05) is 13.8 Å². The first-order valence-electron chi connectivity index (χ1n) is 9.15. The predicted molar refractivity (Wildman–Crippen MR) is 107 cm³/mol. The molecule has 0 aliphatic heterocycles. The maximum Gasteiger partial charge on any atom is 0.253 e. The summed E-state index contributed by atoms with van der Waals surface area (Å²) in [6.45, 7) is 5.72. The van der Waals surface area contributed by atoms with Crippen molar-refractivity contribution in [3.8, 4) is 23.0 Å². The van der Waals surface area contributed by atoms with E-state index in [4.69, 9.17) is 9.15 Å². The molecule has 0 unspecified atom stereocenters. The number of H-pyrrole nitrogens is 1. The van der Waals surface area contributed by atoms with E-state index in [9.17, 15) is 14.7 Å². The SMILES string of the molecule is COc1ccc(-c2nc(CNC(=O)c3ccc(=O)[nH]c3C(C)C)c(C)o2)cc1O. The van der Waals surface area contributed by atoms with Crippen molar-refractivity contribution < 1.29 is 19.1 Å². The lowest BCUT2D eigenvalue weighted by atomic mass is 10.0. The van der Waals surface area contributed by atoms with Crippen LogP contribution in [0.2, 0.25) is 0 Å². The molecule has 2 heterocycles. The van der Waals surface area contributed by atoms with Crippen LogP contribution in [0.15, 0.2) is 39.5 Å². The van der Waals surface area contributed by atoms with Gasteiger partial charge in [-0.25, -0.2) is 4.98 Å². The predicted octanol–water partition coefficient (Wildman–Crippen LogP) is 3.11. The standard InChI is InChI=1S/C21H23N3O5/c1-11(2)19-14(6-8-18(26)24-19)20(27)22-10-15-12(3)29-21(23-15)13-5-7-17(28-4)16(25)9-13/h5-9,11,25H,10H2,1-4H3,(H,22,27)(H,24,26). The molecule has 2 aromatic heterocycles. The summed E-state index contributed by atoms with van der Waals surface area (Å²) in [4.78, 5) is 31.3. The van der Waals surface area contributed by atoms with Gasteiger partial charge in [-0.2, -0.15) is 0 Å². The van der Waals surface area contributed by atoms with Gasteiger partial charge in [-0.15, -0.1) is 0 Å². The molecule has 3 N–H and O–H groups in total. The average molecular weight is 397 g/mol. The van der Waals surface area contributed by atoms with E-state index >= 15 is 0 Å². The Hall–Kier alpha value is -3.55. The Labute approximate surface area is 167 Å². The van der Waals surface area contributed by atoms with Crippen LogP contribution in [0.3, 0.4) is 0 Å². The number of nitrogens with zero attached hydrogens (tertiary/aromatic N) is 1. The molecule has 8 nitrogen and oxygen atoms in total. The van der Waals surface area contributed by atoms with Crippen LogP contribution in [0.5, 0.6) is 11.5 Å². The average Bonchev–Trinajstić information content (AvgIpc) is 3.06. The molecule has 0 bridgehead atoms. The third-order valence-electron chi connectivity index (χ3n) is 4.51. The van der Waals surface area contributed by atoms with Crippen molar-refractivity contribution in [2.75, 3.05) is 7.11 Å². The number of aromatic nitrogens is 2. The summed E-state index contributed by atoms with van der Waals surface area (Å²) < 4.78 is 10.7. The number of benzene rings is 1. The number of aryl methyl sites for hydroxylation is 1. The van der Waals surface area contributed by atoms with E-state index in [0.29, 0.717) is 39.9 Å². The van der Waals surface area contributed by atoms with E-state index in [2.05, 4.69) is 15.3 Å². The van der Waals surface area contributed by atoms with Crippen molar-refractivity contribution in [3.63, 3.8) is 0 Å². The van der Waals surface area contributed by atoms with Gasteiger partial charge in [-0.05, 0) is 37.1 Å². The molecule has 3 aromatic rings. The Morgan fingerprint density at radius 2 is 2.07 bits per heavy atom. The van der Waals surface area contributed by atoms with Crippen LogP contribution < -0.4 is 15.6 Å². The Morgan fingerprint density at radius 3 is 2.72 bits per heavy atom. The molecule has 8 heteroatoms. The number of methoxy groups -OCH3 is 1. The van der Waals surface area contributed by atoms with Gasteiger partial charge in [0.15, 0.2) is 11.5 Å². The van der Waals surface area contributed by atoms with Gasteiger partial charge < -0.3 is 24.6 Å². The fourth-order valence-electron chi connectivity index (χ4n) is 2.94. The molecule has 0 aliphatic rings. The number of aromatic amines is 1. The first kappa shape index (κ1) is 20.2. The highest BCUT2D eigenvalue weighted by Gasteiger charge is 2.17. The summed E-state index contributed by atoms with van der Waals surface area (Å²) in [5.41, 5.74) is 1.91. The number of carbonyl (C=O) groups excluding carboxylic acids is 1. The molecule has 3 rings (SSSR count). The summed E-state index contributed by atoms with van der Waals surface area (Å²) >= 11 is 0. The molecule has 0 saturated heterocycles. The fraction of sp³-hybridized carbons (Fsp3) is 0.286. The van der Waals surface area contributed by atoms with Crippen LogP contribution in [0.25, 0.3) is 11.5 Å². The Balaban J connectivity index is 1.78. The molecule has 0 aliphatic carbocycles. The number of hydrogen-bond donors (Lipinski definition) is 3. The highest BCUT2D eigenvalue weighted by atomic mass is 16.5. The van der Waals surface area contributed by atoms with E-state index < -0.39 is 0 Å². The topological polar surface area (TPSA) is 117 Å². The van der Waals surface area contributed by atoms with Crippen LogP contribution in [-0.4, -0.2) is 28.1 Å². The third-order valence-corrected chi connectivity index (χ3v) is 4.51.